The van der Waals surface area contributed by atoms with E-state index in [0.717, 1.165) is 0 Å². The van der Waals surface area contributed by atoms with Gasteiger partial charge in [-0.05, 0) is 12.1 Å². The maximum atomic E-state index is 10.7. The summed E-state index contributed by atoms with van der Waals surface area (Å²) in [5.41, 5.74) is 6.02. The summed E-state index contributed by atoms with van der Waals surface area (Å²) in [4.78, 5) is 18.4. The number of hydrogen-bond donors (Lipinski definition) is 2. The van der Waals surface area contributed by atoms with Crippen LogP contribution in [0.5, 0.6) is 0 Å². The summed E-state index contributed by atoms with van der Waals surface area (Å²) < 4.78 is 0. The molecule has 0 saturated heterocycles. The number of carboxylic acid groups (broad SMARTS) is 1. The number of nitrogen functional groups attached to an aromatic ring is 1. The van der Waals surface area contributed by atoms with Crippen molar-refractivity contribution in [1.29, 1.82) is 0 Å². The van der Waals surface area contributed by atoms with Gasteiger partial charge in [-0.25, -0.2) is 9.78 Å². The lowest BCUT2D eigenvalue weighted by atomic mass is 10.2. The molecule has 2 aromatic rings. The molecule has 0 fully saturated rings. The van der Waals surface area contributed by atoms with Crippen LogP contribution in [0.15, 0.2) is 24.4 Å². The molecule has 14 heavy (non-hydrogen) atoms. The van der Waals surface area contributed by atoms with Crippen LogP contribution in [0.2, 0.25) is 0 Å². The third kappa shape index (κ3) is 1.24. The van der Waals surface area contributed by atoms with Crippen LogP contribution < -0.4 is 5.73 Å². The Hall–Kier alpha value is -2.17. The highest BCUT2D eigenvalue weighted by Gasteiger charge is 2.08. The van der Waals surface area contributed by atoms with Crippen LogP contribution in [-0.4, -0.2) is 21.0 Å². The van der Waals surface area contributed by atoms with Gasteiger partial charge in [0, 0.05) is 11.6 Å². The molecule has 0 aliphatic heterocycles. The Morgan fingerprint density at radius 3 is 3.00 bits per heavy atom. The molecule has 0 aliphatic carbocycles. The molecule has 0 atom stereocenters. The molecule has 5 nitrogen and oxygen atoms in total. The summed E-state index contributed by atoms with van der Waals surface area (Å²) in [7, 11) is 0. The summed E-state index contributed by atoms with van der Waals surface area (Å²) in [5, 5.41) is 9.41. The topological polar surface area (TPSA) is 89.1 Å². The van der Waals surface area contributed by atoms with Crippen LogP contribution in [0, 0.1) is 0 Å². The summed E-state index contributed by atoms with van der Waals surface area (Å²) >= 11 is 0. The second kappa shape index (κ2) is 2.95. The maximum absolute atomic E-state index is 10.7. The smallest absolute Gasteiger partial charge is 0.354 e. The summed E-state index contributed by atoms with van der Waals surface area (Å²) in [6, 6.07) is 4.90. The molecule has 2 heterocycles. The molecule has 0 aliphatic rings. The van der Waals surface area contributed by atoms with Crippen molar-refractivity contribution < 1.29 is 9.90 Å². The first-order valence-corrected chi connectivity index (χ1v) is 3.93. The molecular weight excluding hydrogens is 182 g/mol. The molecule has 0 spiro atoms. The van der Waals surface area contributed by atoms with Gasteiger partial charge in [0.05, 0.1) is 0 Å². The van der Waals surface area contributed by atoms with E-state index in [1.165, 1.54) is 6.07 Å². The number of hydrogen-bond acceptors (Lipinski definition) is 4. The fourth-order valence-electron chi connectivity index (χ4n) is 1.22. The van der Waals surface area contributed by atoms with Gasteiger partial charge in [-0.2, -0.15) is 0 Å². The predicted octanol–water partition coefficient (Wildman–Crippen LogP) is 0.910. The van der Waals surface area contributed by atoms with E-state index in [0.29, 0.717) is 10.9 Å². The summed E-state index contributed by atoms with van der Waals surface area (Å²) in [6.07, 6.45) is 1.58. The van der Waals surface area contributed by atoms with Gasteiger partial charge in [0.15, 0.2) is 11.5 Å². The fraction of sp³-hybridized carbons (Fsp3) is 0. The quantitative estimate of drug-likeness (QED) is 0.695. The second-order valence-electron chi connectivity index (χ2n) is 2.77. The van der Waals surface area contributed by atoms with Crippen molar-refractivity contribution in [2.45, 2.75) is 0 Å². The van der Waals surface area contributed by atoms with Crippen molar-refractivity contribution in [3.8, 4) is 0 Å². The Labute approximate surface area is 79.2 Å². The van der Waals surface area contributed by atoms with Crippen LogP contribution in [-0.2, 0) is 0 Å². The highest BCUT2D eigenvalue weighted by atomic mass is 16.4. The zero-order valence-corrected chi connectivity index (χ0v) is 7.14. The first-order chi connectivity index (χ1) is 6.68. The molecule has 70 valence electrons. The SMILES string of the molecule is Nc1nc(C(=O)O)cc2cccnc12. The highest BCUT2D eigenvalue weighted by molar-refractivity contribution is 5.94. The van der Waals surface area contributed by atoms with Crippen molar-refractivity contribution >= 4 is 22.7 Å². The van der Waals surface area contributed by atoms with Crippen LogP contribution in [0.25, 0.3) is 10.9 Å². The minimum absolute atomic E-state index is 0.0667. The second-order valence-corrected chi connectivity index (χ2v) is 2.77. The lowest BCUT2D eigenvalue weighted by molar-refractivity contribution is 0.0691. The molecule has 5 heteroatoms. The van der Waals surface area contributed by atoms with E-state index in [-0.39, 0.29) is 11.5 Å². The monoisotopic (exact) mass is 189 g/mol. The van der Waals surface area contributed by atoms with Gasteiger partial charge in [0.2, 0.25) is 0 Å². The van der Waals surface area contributed by atoms with Gasteiger partial charge in [-0.3, -0.25) is 4.98 Å². The van der Waals surface area contributed by atoms with Crippen LogP contribution >= 0.6 is 0 Å². The molecule has 0 unspecified atom stereocenters. The van der Waals surface area contributed by atoms with Gasteiger partial charge in [0.25, 0.3) is 0 Å². The number of carboxylic acids is 1. The minimum Gasteiger partial charge on any atom is -0.477 e. The number of aromatic nitrogens is 2. The van der Waals surface area contributed by atoms with Gasteiger partial charge in [-0.15, -0.1) is 0 Å². The maximum Gasteiger partial charge on any atom is 0.354 e. The molecule has 0 bridgehead atoms. The fourth-order valence-corrected chi connectivity index (χ4v) is 1.22. The number of pyridine rings is 2. The van der Waals surface area contributed by atoms with Crippen LogP contribution in [0.1, 0.15) is 10.5 Å². The number of anilines is 1. The van der Waals surface area contributed by atoms with E-state index in [1.54, 1.807) is 18.3 Å². The minimum atomic E-state index is -1.09. The molecule has 0 amide bonds. The Morgan fingerprint density at radius 2 is 2.29 bits per heavy atom. The van der Waals surface area contributed by atoms with E-state index >= 15 is 0 Å². The Balaban J connectivity index is 2.78. The van der Waals surface area contributed by atoms with Gasteiger partial charge in [0.1, 0.15) is 5.52 Å². The average molecular weight is 189 g/mol. The van der Waals surface area contributed by atoms with Crippen LogP contribution in [0.3, 0.4) is 0 Å². The standard InChI is InChI=1S/C9H7N3O2/c10-8-7-5(2-1-3-11-7)4-6(12-8)9(13)14/h1-4H,(H2,10,12)(H,13,14). The highest BCUT2D eigenvalue weighted by Crippen LogP contribution is 2.17. The molecule has 0 radical (unpaired) electrons. The molecule has 2 rings (SSSR count). The third-order valence-corrected chi connectivity index (χ3v) is 1.83. The summed E-state index contributed by atoms with van der Waals surface area (Å²) in [6.45, 7) is 0. The Morgan fingerprint density at radius 1 is 1.50 bits per heavy atom. The molecular formula is C9H7N3O2. The average Bonchev–Trinajstić information content (AvgIpc) is 2.17. The zero-order chi connectivity index (χ0) is 10.1. The summed E-state index contributed by atoms with van der Waals surface area (Å²) in [5.74, 6) is -0.956. The van der Waals surface area contributed by atoms with Crippen molar-refractivity contribution in [1.82, 2.24) is 9.97 Å². The lowest BCUT2D eigenvalue weighted by Gasteiger charge is -2.01. The van der Waals surface area contributed by atoms with Gasteiger partial charge in [-0.1, -0.05) is 6.07 Å². The number of rotatable bonds is 1. The van der Waals surface area contributed by atoms with Crippen molar-refractivity contribution in [2.75, 3.05) is 5.73 Å². The molecule has 3 N–H and O–H groups in total. The number of aromatic carboxylic acids is 1. The first-order valence-electron chi connectivity index (χ1n) is 3.93. The number of fused-ring (bicyclic) bond motifs is 1. The number of nitrogens with two attached hydrogens (primary N) is 1. The van der Waals surface area contributed by atoms with E-state index < -0.39 is 5.97 Å². The lowest BCUT2D eigenvalue weighted by Crippen LogP contribution is -2.04. The molecule has 0 aromatic carbocycles. The van der Waals surface area contributed by atoms with Crippen molar-refractivity contribution in [2.24, 2.45) is 0 Å². The van der Waals surface area contributed by atoms with E-state index in [1.807, 2.05) is 0 Å². The van der Waals surface area contributed by atoms with Gasteiger partial charge >= 0.3 is 5.97 Å². The van der Waals surface area contributed by atoms with E-state index in [4.69, 9.17) is 10.8 Å². The van der Waals surface area contributed by atoms with Gasteiger partial charge < -0.3 is 10.8 Å². The first kappa shape index (κ1) is 8.43. The van der Waals surface area contributed by atoms with E-state index in [9.17, 15) is 4.79 Å². The van der Waals surface area contributed by atoms with E-state index in [2.05, 4.69) is 9.97 Å². The predicted molar refractivity (Wildman–Crippen MR) is 50.9 cm³/mol. The Kier molecular flexibility index (Phi) is 1.78. The van der Waals surface area contributed by atoms with Crippen molar-refractivity contribution in [3.05, 3.63) is 30.1 Å². The molecule has 2 aromatic heterocycles. The zero-order valence-electron chi connectivity index (χ0n) is 7.14. The normalized spacial score (nSPS) is 10.3. The van der Waals surface area contributed by atoms with Crippen LogP contribution in [0.4, 0.5) is 5.82 Å². The largest absolute Gasteiger partial charge is 0.477 e. The third-order valence-electron chi connectivity index (χ3n) is 1.83. The molecule has 0 saturated carbocycles. The number of carbonyl (C=O) groups is 1. The van der Waals surface area contributed by atoms with Crippen molar-refractivity contribution in [3.63, 3.8) is 0 Å². The number of nitrogens with zero attached hydrogens (tertiary/aromatic N) is 2. The Bertz CT molecular complexity index is 510.